The van der Waals surface area contributed by atoms with Crippen molar-refractivity contribution in [3.05, 3.63) is 71.9 Å². The van der Waals surface area contributed by atoms with Gasteiger partial charge in [-0.3, -0.25) is 9.59 Å². The lowest BCUT2D eigenvalue weighted by molar-refractivity contribution is -0.138. The number of nitrogens with one attached hydrogen (secondary N) is 2. The first kappa shape index (κ1) is 23.5. The number of H-pyrrole nitrogens is 1. The van der Waals surface area contributed by atoms with Crippen molar-refractivity contribution in [3.8, 4) is 6.07 Å². The fourth-order valence-corrected chi connectivity index (χ4v) is 4.62. The monoisotopic (exact) mass is 457 g/mol. The molecule has 0 radical (unpaired) electrons. The summed E-state index contributed by atoms with van der Waals surface area (Å²) in [7, 11) is 0. The summed E-state index contributed by atoms with van der Waals surface area (Å²) in [6.07, 6.45) is 3.34. The lowest BCUT2D eigenvalue weighted by atomic mass is 9.74. The molecule has 1 saturated heterocycles. The lowest BCUT2D eigenvalue weighted by Gasteiger charge is -2.39. The van der Waals surface area contributed by atoms with Gasteiger partial charge in [-0.2, -0.15) is 5.26 Å². The van der Waals surface area contributed by atoms with Crippen molar-refractivity contribution in [3.63, 3.8) is 0 Å². The number of likely N-dealkylation sites (tertiary alicyclic amines) is 1. The van der Waals surface area contributed by atoms with Gasteiger partial charge in [0.2, 0.25) is 11.8 Å². The van der Waals surface area contributed by atoms with Crippen LogP contribution in [-0.4, -0.2) is 46.4 Å². The van der Waals surface area contributed by atoms with E-state index in [0.29, 0.717) is 32.4 Å². The summed E-state index contributed by atoms with van der Waals surface area (Å²) in [5, 5.41) is 13.9. The molecule has 0 bridgehead atoms. The Labute approximate surface area is 199 Å². The van der Waals surface area contributed by atoms with Gasteiger partial charge >= 0.3 is 0 Å². The number of rotatable bonds is 6. The van der Waals surface area contributed by atoms with Crippen molar-refractivity contribution >= 4 is 22.7 Å². The molecular weight excluding hydrogens is 426 g/mol. The van der Waals surface area contributed by atoms with Gasteiger partial charge in [-0.15, -0.1) is 0 Å². The maximum atomic E-state index is 13.6. The van der Waals surface area contributed by atoms with Gasteiger partial charge in [-0.05, 0) is 43.9 Å². The fourth-order valence-electron chi connectivity index (χ4n) is 4.62. The predicted molar refractivity (Wildman–Crippen MR) is 132 cm³/mol. The molecule has 34 heavy (non-hydrogen) atoms. The molecule has 1 unspecified atom stereocenters. The molecule has 7 nitrogen and oxygen atoms in total. The molecular formula is C27H31N5O2. The average Bonchev–Trinajstić information content (AvgIpc) is 3.26. The predicted octanol–water partition coefficient (Wildman–Crippen LogP) is 3.02. The van der Waals surface area contributed by atoms with E-state index in [9.17, 15) is 14.9 Å². The number of aromatic amines is 1. The van der Waals surface area contributed by atoms with Crippen LogP contribution in [0.3, 0.4) is 0 Å². The first-order valence-corrected chi connectivity index (χ1v) is 11.6. The molecule has 1 aliphatic heterocycles. The normalized spacial score (nSPS) is 16.6. The Kier molecular flexibility index (Phi) is 6.45. The molecule has 3 aromatic rings. The quantitative estimate of drug-likeness (QED) is 0.528. The summed E-state index contributed by atoms with van der Waals surface area (Å²) in [5.74, 6) is -0.527. The number of nitrogens with zero attached hydrogens (tertiary/aromatic N) is 2. The molecule has 2 amide bonds. The van der Waals surface area contributed by atoms with Crippen LogP contribution in [-0.2, 0) is 21.4 Å². The number of fused-ring (bicyclic) bond motifs is 1. The Hall–Kier alpha value is -3.63. The van der Waals surface area contributed by atoms with Crippen LogP contribution in [0.1, 0.15) is 37.8 Å². The molecule has 1 atom stereocenters. The highest BCUT2D eigenvalue weighted by molar-refractivity contribution is 5.92. The van der Waals surface area contributed by atoms with Crippen molar-refractivity contribution in [2.24, 2.45) is 5.73 Å². The average molecular weight is 458 g/mol. The van der Waals surface area contributed by atoms with E-state index in [4.69, 9.17) is 5.73 Å². The molecule has 0 aliphatic carbocycles. The SMILES string of the molecule is CC(C)(N)C(=O)NC(Cc1c[nH]c2ccccc12)C(=O)N1CCC(C#N)(c2ccccc2)CC1. The highest BCUT2D eigenvalue weighted by Crippen LogP contribution is 2.35. The van der Waals surface area contributed by atoms with Crippen molar-refractivity contribution < 1.29 is 9.59 Å². The standard InChI is InChI=1S/C27H31N5O2/c1-26(2,29)25(34)31-23(16-19-17-30-22-11-7-6-10-21(19)22)24(33)32-14-12-27(18-28,13-15-32)20-8-4-3-5-9-20/h3-11,17,23,30H,12-16,29H2,1-2H3,(H,31,34). The van der Waals surface area contributed by atoms with Crippen LogP contribution in [0.4, 0.5) is 0 Å². The van der Waals surface area contributed by atoms with Gasteiger partial charge in [0.05, 0.1) is 17.0 Å². The van der Waals surface area contributed by atoms with E-state index in [2.05, 4.69) is 16.4 Å². The molecule has 0 saturated carbocycles. The van der Waals surface area contributed by atoms with Gasteiger partial charge < -0.3 is 20.9 Å². The zero-order chi connectivity index (χ0) is 24.3. The minimum absolute atomic E-state index is 0.150. The summed E-state index contributed by atoms with van der Waals surface area (Å²) in [4.78, 5) is 31.4. The Morgan fingerprint density at radius 2 is 1.79 bits per heavy atom. The molecule has 4 N–H and O–H groups in total. The van der Waals surface area contributed by atoms with Crippen LogP contribution in [0.15, 0.2) is 60.8 Å². The number of amides is 2. The summed E-state index contributed by atoms with van der Waals surface area (Å²) in [6.45, 7) is 4.15. The first-order chi connectivity index (χ1) is 16.2. The molecule has 2 aromatic carbocycles. The zero-order valence-electron chi connectivity index (χ0n) is 19.7. The molecule has 1 aromatic heterocycles. The largest absolute Gasteiger partial charge is 0.361 e. The molecule has 4 rings (SSSR count). The third kappa shape index (κ3) is 4.68. The summed E-state index contributed by atoms with van der Waals surface area (Å²) in [5.41, 5.74) is 7.22. The van der Waals surface area contributed by atoms with E-state index in [-0.39, 0.29) is 11.8 Å². The van der Waals surface area contributed by atoms with Gasteiger partial charge in [0.15, 0.2) is 0 Å². The van der Waals surface area contributed by atoms with E-state index in [1.165, 1.54) is 0 Å². The van der Waals surface area contributed by atoms with Gasteiger partial charge in [-0.1, -0.05) is 48.5 Å². The lowest BCUT2D eigenvalue weighted by Crippen LogP contribution is -2.58. The molecule has 1 fully saturated rings. The Morgan fingerprint density at radius 1 is 1.15 bits per heavy atom. The number of nitriles is 1. The molecule has 176 valence electrons. The van der Waals surface area contributed by atoms with E-state index >= 15 is 0 Å². The number of piperidine rings is 1. The van der Waals surface area contributed by atoms with Gasteiger partial charge in [0, 0.05) is 36.6 Å². The minimum Gasteiger partial charge on any atom is -0.361 e. The Balaban J connectivity index is 1.55. The van der Waals surface area contributed by atoms with Crippen LogP contribution < -0.4 is 11.1 Å². The number of para-hydroxylation sites is 1. The minimum atomic E-state index is -1.11. The summed E-state index contributed by atoms with van der Waals surface area (Å²) >= 11 is 0. The van der Waals surface area contributed by atoms with Gasteiger partial charge in [0.1, 0.15) is 6.04 Å². The summed E-state index contributed by atoms with van der Waals surface area (Å²) < 4.78 is 0. The maximum Gasteiger partial charge on any atom is 0.245 e. The van der Waals surface area contributed by atoms with E-state index < -0.39 is 17.0 Å². The second-order valence-corrected chi connectivity index (χ2v) is 9.70. The Bertz CT molecular complexity index is 1210. The maximum absolute atomic E-state index is 13.6. The number of hydrogen-bond donors (Lipinski definition) is 3. The van der Waals surface area contributed by atoms with Gasteiger partial charge in [0.25, 0.3) is 0 Å². The van der Waals surface area contributed by atoms with Crippen LogP contribution in [0, 0.1) is 11.3 Å². The molecule has 0 spiro atoms. The molecule has 7 heteroatoms. The van der Waals surface area contributed by atoms with Crippen LogP contribution in [0.2, 0.25) is 0 Å². The summed E-state index contributed by atoms with van der Waals surface area (Å²) in [6, 6.07) is 19.4. The van der Waals surface area contributed by atoms with Crippen molar-refractivity contribution in [2.75, 3.05) is 13.1 Å². The van der Waals surface area contributed by atoms with Crippen molar-refractivity contribution in [1.82, 2.24) is 15.2 Å². The van der Waals surface area contributed by atoms with Crippen LogP contribution in [0.25, 0.3) is 10.9 Å². The fraction of sp³-hybridized carbons (Fsp3) is 0.370. The highest BCUT2D eigenvalue weighted by atomic mass is 16.2. The number of nitrogens with two attached hydrogens (primary N) is 1. The van der Waals surface area contributed by atoms with E-state index in [1.54, 1.807) is 18.7 Å². The number of benzene rings is 2. The van der Waals surface area contributed by atoms with Crippen molar-refractivity contribution in [1.29, 1.82) is 5.26 Å². The smallest absolute Gasteiger partial charge is 0.245 e. The Morgan fingerprint density at radius 3 is 2.44 bits per heavy atom. The van der Waals surface area contributed by atoms with E-state index in [1.807, 2.05) is 60.8 Å². The highest BCUT2D eigenvalue weighted by Gasteiger charge is 2.39. The number of hydrogen-bond acceptors (Lipinski definition) is 4. The zero-order valence-corrected chi connectivity index (χ0v) is 19.7. The second kappa shape index (κ2) is 9.32. The van der Waals surface area contributed by atoms with E-state index in [0.717, 1.165) is 22.0 Å². The third-order valence-electron chi connectivity index (χ3n) is 6.76. The van der Waals surface area contributed by atoms with Crippen LogP contribution in [0.5, 0.6) is 0 Å². The number of aromatic nitrogens is 1. The number of carbonyl (C=O) groups is 2. The molecule has 1 aliphatic rings. The van der Waals surface area contributed by atoms with Crippen LogP contribution >= 0.6 is 0 Å². The first-order valence-electron chi connectivity index (χ1n) is 11.6. The van der Waals surface area contributed by atoms with Gasteiger partial charge in [-0.25, -0.2) is 0 Å². The second-order valence-electron chi connectivity index (χ2n) is 9.70. The third-order valence-corrected chi connectivity index (χ3v) is 6.76. The topological polar surface area (TPSA) is 115 Å². The number of carbonyl (C=O) groups excluding carboxylic acids is 2. The van der Waals surface area contributed by atoms with Crippen molar-refractivity contribution in [2.45, 2.75) is 50.1 Å². The molecule has 2 heterocycles.